The lowest BCUT2D eigenvalue weighted by Gasteiger charge is -2.23. The van der Waals surface area contributed by atoms with Crippen LogP contribution in [0.1, 0.15) is 44.1 Å². The Hall–Kier alpha value is -2.04. The smallest absolute Gasteiger partial charge is 0.224 e. The summed E-state index contributed by atoms with van der Waals surface area (Å²) in [5.74, 6) is 1.28. The Morgan fingerprint density at radius 3 is 2.60 bits per heavy atom. The van der Waals surface area contributed by atoms with Gasteiger partial charge in [0.05, 0.1) is 13.2 Å². The van der Waals surface area contributed by atoms with Crippen molar-refractivity contribution in [2.24, 2.45) is 5.92 Å². The molecule has 0 unspecified atom stereocenters. The quantitative estimate of drug-likeness (QED) is 0.863. The molecule has 1 saturated carbocycles. The molecule has 1 aliphatic carbocycles. The summed E-state index contributed by atoms with van der Waals surface area (Å²) < 4.78 is 5.16. The van der Waals surface area contributed by atoms with Crippen molar-refractivity contribution in [3.05, 3.63) is 29.8 Å². The highest BCUT2D eigenvalue weighted by atomic mass is 16.5. The molecule has 1 N–H and O–H groups in total. The van der Waals surface area contributed by atoms with E-state index in [1.54, 1.807) is 7.11 Å². The number of hydrogen-bond acceptors (Lipinski definition) is 3. The molecule has 136 valence electrons. The molecule has 2 fully saturated rings. The number of amides is 2. The predicted octanol–water partition coefficient (Wildman–Crippen LogP) is 2.54. The monoisotopic (exact) mass is 344 g/mol. The fourth-order valence-corrected chi connectivity index (χ4v) is 3.83. The van der Waals surface area contributed by atoms with E-state index in [1.165, 1.54) is 12.0 Å². The summed E-state index contributed by atoms with van der Waals surface area (Å²) in [5.41, 5.74) is 1.18. The molecule has 3 rings (SSSR count). The molecule has 1 heterocycles. The van der Waals surface area contributed by atoms with Crippen LogP contribution in [0.5, 0.6) is 5.75 Å². The van der Waals surface area contributed by atoms with Gasteiger partial charge in [0.25, 0.3) is 0 Å². The number of benzene rings is 1. The fraction of sp³-hybridized carbons (Fsp3) is 0.600. The molecule has 25 heavy (non-hydrogen) atoms. The average molecular weight is 344 g/mol. The number of rotatable bonds is 6. The van der Waals surface area contributed by atoms with Crippen LogP contribution in [0.25, 0.3) is 0 Å². The molecular weight excluding hydrogens is 316 g/mol. The van der Waals surface area contributed by atoms with Gasteiger partial charge in [0.1, 0.15) is 5.75 Å². The van der Waals surface area contributed by atoms with E-state index in [2.05, 4.69) is 5.32 Å². The van der Waals surface area contributed by atoms with Crippen molar-refractivity contribution < 1.29 is 14.3 Å². The first-order valence-electron chi connectivity index (χ1n) is 9.37. The third-order valence-corrected chi connectivity index (χ3v) is 5.37. The van der Waals surface area contributed by atoms with Crippen molar-refractivity contribution in [2.75, 3.05) is 20.2 Å². The predicted molar refractivity (Wildman–Crippen MR) is 96.4 cm³/mol. The van der Waals surface area contributed by atoms with Crippen LogP contribution in [-0.4, -0.2) is 43.0 Å². The van der Waals surface area contributed by atoms with E-state index < -0.39 is 0 Å². The van der Waals surface area contributed by atoms with Gasteiger partial charge in [0, 0.05) is 25.4 Å². The Labute approximate surface area is 149 Å². The zero-order chi connectivity index (χ0) is 17.6. The fourth-order valence-electron chi connectivity index (χ4n) is 3.83. The first-order chi connectivity index (χ1) is 12.2. The van der Waals surface area contributed by atoms with Gasteiger partial charge >= 0.3 is 0 Å². The number of hydrogen-bond donors (Lipinski definition) is 1. The molecular formula is C20H28N2O3. The summed E-state index contributed by atoms with van der Waals surface area (Å²) in [5, 5.41) is 3.10. The van der Waals surface area contributed by atoms with Crippen molar-refractivity contribution >= 4 is 11.8 Å². The van der Waals surface area contributed by atoms with E-state index in [4.69, 9.17) is 4.74 Å². The molecule has 1 saturated heterocycles. The van der Waals surface area contributed by atoms with Crippen molar-refractivity contribution in [3.8, 4) is 5.75 Å². The van der Waals surface area contributed by atoms with E-state index in [1.807, 2.05) is 29.2 Å². The molecule has 1 aromatic rings. The van der Waals surface area contributed by atoms with Gasteiger partial charge in [0.15, 0.2) is 0 Å². The number of likely N-dealkylation sites (tertiary alicyclic amines) is 1. The molecule has 2 aliphatic rings. The average Bonchev–Trinajstić information content (AvgIpc) is 3.00. The number of methoxy groups -OCH3 is 1. The maximum Gasteiger partial charge on any atom is 0.224 e. The lowest BCUT2D eigenvalue weighted by molar-refractivity contribution is -0.127. The molecule has 0 radical (unpaired) electrons. The molecule has 1 atom stereocenters. The second-order valence-corrected chi connectivity index (χ2v) is 7.18. The first-order valence-corrected chi connectivity index (χ1v) is 9.37. The van der Waals surface area contributed by atoms with Gasteiger partial charge in [-0.15, -0.1) is 0 Å². The van der Waals surface area contributed by atoms with Crippen molar-refractivity contribution in [1.29, 1.82) is 0 Å². The zero-order valence-corrected chi connectivity index (χ0v) is 15.0. The number of nitrogens with zero attached hydrogens (tertiary/aromatic N) is 1. The highest BCUT2D eigenvalue weighted by Crippen LogP contribution is 2.24. The molecule has 2 amide bonds. The zero-order valence-electron chi connectivity index (χ0n) is 15.0. The highest BCUT2D eigenvalue weighted by molar-refractivity contribution is 5.83. The van der Waals surface area contributed by atoms with Crippen LogP contribution < -0.4 is 10.1 Å². The number of ether oxygens (including phenoxy) is 1. The van der Waals surface area contributed by atoms with Crippen LogP contribution in [0.3, 0.4) is 0 Å². The van der Waals surface area contributed by atoms with Crippen molar-refractivity contribution in [2.45, 2.75) is 51.0 Å². The van der Waals surface area contributed by atoms with Crippen LogP contribution in [0.15, 0.2) is 24.3 Å². The summed E-state index contributed by atoms with van der Waals surface area (Å²) in [6.45, 7) is 1.33. The van der Waals surface area contributed by atoms with Crippen molar-refractivity contribution in [1.82, 2.24) is 10.2 Å². The first kappa shape index (κ1) is 17.8. The second-order valence-electron chi connectivity index (χ2n) is 7.18. The van der Waals surface area contributed by atoms with Gasteiger partial charge < -0.3 is 15.0 Å². The van der Waals surface area contributed by atoms with Crippen LogP contribution in [-0.2, 0) is 16.0 Å². The van der Waals surface area contributed by atoms with E-state index in [-0.39, 0.29) is 23.8 Å². The van der Waals surface area contributed by atoms with Crippen LogP contribution in [0.4, 0.5) is 0 Å². The number of carbonyl (C=O) groups excluding carboxylic acids is 2. The molecule has 5 heteroatoms. The second kappa shape index (κ2) is 8.37. The van der Waals surface area contributed by atoms with Crippen molar-refractivity contribution in [3.63, 3.8) is 0 Å². The van der Waals surface area contributed by atoms with E-state index in [9.17, 15) is 9.59 Å². The maximum atomic E-state index is 12.4. The lowest BCUT2D eigenvalue weighted by Crippen LogP contribution is -2.41. The van der Waals surface area contributed by atoms with Gasteiger partial charge in [0.2, 0.25) is 11.8 Å². The minimum absolute atomic E-state index is 0.0298. The van der Waals surface area contributed by atoms with E-state index in [0.717, 1.165) is 37.9 Å². The van der Waals surface area contributed by atoms with E-state index in [0.29, 0.717) is 19.5 Å². The molecule has 0 bridgehead atoms. The van der Waals surface area contributed by atoms with Gasteiger partial charge in [-0.1, -0.05) is 31.4 Å². The third-order valence-electron chi connectivity index (χ3n) is 5.37. The van der Waals surface area contributed by atoms with Crippen LogP contribution in [0.2, 0.25) is 0 Å². The summed E-state index contributed by atoms with van der Waals surface area (Å²) in [7, 11) is 1.65. The van der Waals surface area contributed by atoms with E-state index >= 15 is 0 Å². The van der Waals surface area contributed by atoms with Gasteiger partial charge in [-0.3, -0.25) is 9.59 Å². The largest absolute Gasteiger partial charge is 0.497 e. The van der Waals surface area contributed by atoms with Gasteiger partial charge in [-0.05, 0) is 37.0 Å². The molecule has 1 aromatic carbocycles. The topological polar surface area (TPSA) is 58.6 Å². The Kier molecular flexibility index (Phi) is 5.95. The molecule has 0 spiro atoms. The normalized spacial score (nSPS) is 21.4. The molecule has 1 aliphatic heterocycles. The number of carbonyl (C=O) groups is 2. The van der Waals surface area contributed by atoms with Gasteiger partial charge in [-0.2, -0.15) is 0 Å². The maximum absolute atomic E-state index is 12.4. The summed E-state index contributed by atoms with van der Waals surface area (Å²) >= 11 is 0. The summed E-state index contributed by atoms with van der Waals surface area (Å²) in [4.78, 5) is 26.4. The van der Waals surface area contributed by atoms with Gasteiger partial charge in [-0.25, -0.2) is 0 Å². The summed E-state index contributed by atoms with van der Waals surface area (Å²) in [6, 6.07) is 7.91. The van der Waals surface area contributed by atoms with Crippen LogP contribution >= 0.6 is 0 Å². The minimum atomic E-state index is -0.0298. The summed E-state index contributed by atoms with van der Waals surface area (Å²) in [6.07, 6.45) is 6.78. The Morgan fingerprint density at radius 1 is 1.20 bits per heavy atom. The SMILES string of the molecule is COc1ccc(CCN2C[C@H](NC(=O)C3CCCCC3)CC2=O)cc1. The molecule has 5 nitrogen and oxygen atoms in total. The minimum Gasteiger partial charge on any atom is -0.497 e. The van der Waals surface area contributed by atoms with Crippen LogP contribution in [0, 0.1) is 5.92 Å². The number of nitrogens with one attached hydrogen (secondary N) is 1. The molecule has 0 aromatic heterocycles. The lowest BCUT2D eigenvalue weighted by atomic mass is 9.88. The standard InChI is InChI=1S/C20H28N2O3/c1-25-18-9-7-15(8-10-18)11-12-22-14-17(13-19(22)23)21-20(24)16-5-3-2-4-6-16/h7-10,16-17H,2-6,11-14H2,1H3,(H,21,24)/t17-/m1/s1. The third kappa shape index (κ3) is 4.74. The Balaban J connectivity index is 1.45. The Bertz CT molecular complexity index is 593. The Morgan fingerprint density at radius 2 is 1.92 bits per heavy atom. The highest BCUT2D eigenvalue weighted by Gasteiger charge is 2.32.